The van der Waals surface area contributed by atoms with Crippen molar-refractivity contribution in [3.8, 4) is 5.88 Å². The summed E-state index contributed by atoms with van der Waals surface area (Å²) in [6, 6.07) is 0. The van der Waals surface area contributed by atoms with E-state index in [1.165, 1.54) is 24.7 Å². The number of nitro groups is 1. The van der Waals surface area contributed by atoms with Gasteiger partial charge in [-0.05, 0) is 27.2 Å². The number of halogens is 2. The maximum atomic E-state index is 12.9. The molecule has 0 amide bonds. The third-order valence-electron chi connectivity index (χ3n) is 3.76. The highest BCUT2D eigenvalue weighted by Gasteiger charge is 2.27. The molecule has 0 bridgehead atoms. The van der Waals surface area contributed by atoms with Gasteiger partial charge >= 0.3 is 18.1 Å². The fourth-order valence-corrected chi connectivity index (χ4v) is 4.09. The van der Waals surface area contributed by atoms with Crippen molar-refractivity contribution in [1.82, 2.24) is 24.3 Å². The third kappa shape index (κ3) is 4.62. The van der Waals surface area contributed by atoms with Crippen molar-refractivity contribution in [3.05, 3.63) is 27.7 Å². The predicted octanol–water partition coefficient (Wildman–Crippen LogP) is 1.77. The number of ether oxygens (including phenoxy) is 1. The van der Waals surface area contributed by atoms with Gasteiger partial charge in [-0.25, -0.2) is 17.8 Å². The Kier molecular flexibility index (Phi) is 6.66. The first-order valence-corrected chi connectivity index (χ1v) is 9.75. The monoisotopic (exact) mass is 422 g/mol. The van der Waals surface area contributed by atoms with Crippen LogP contribution in [0.15, 0.2) is 11.1 Å². The molecule has 0 unspecified atom stereocenters. The second kappa shape index (κ2) is 8.60. The quantitative estimate of drug-likeness (QED) is 0.350. The van der Waals surface area contributed by atoms with Crippen LogP contribution in [0.1, 0.15) is 31.3 Å². The lowest BCUT2D eigenvalue weighted by Gasteiger charge is -2.08. The van der Waals surface area contributed by atoms with Gasteiger partial charge < -0.3 is 4.74 Å². The molecule has 0 radical (unpaired) electrons. The number of sulfonamides is 1. The van der Waals surface area contributed by atoms with Gasteiger partial charge in [-0.15, -0.1) is 5.10 Å². The molecule has 11 nitrogen and oxygen atoms in total. The molecule has 2 aromatic heterocycles. The molecule has 0 aliphatic rings. The summed E-state index contributed by atoms with van der Waals surface area (Å²) < 4.78 is 59.6. The lowest BCUT2D eigenvalue weighted by Crippen LogP contribution is -2.26. The number of rotatable bonds is 10. The molecule has 28 heavy (non-hydrogen) atoms. The number of nitrogens with zero attached hydrogens (tertiary/aromatic N) is 5. The van der Waals surface area contributed by atoms with Gasteiger partial charge in [-0.2, -0.15) is 13.9 Å². The van der Waals surface area contributed by atoms with Gasteiger partial charge in [0.05, 0.1) is 22.9 Å². The zero-order chi connectivity index (χ0) is 21.1. The average Bonchev–Trinajstić information content (AvgIpc) is 3.13. The largest absolute Gasteiger partial charge is 0.472 e. The molecule has 0 fully saturated rings. The van der Waals surface area contributed by atoms with E-state index < -0.39 is 21.5 Å². The third-order valence-corrected chi connectivity index (χ3v) is 5.47. The number of nitrogens with one attached hydrogen (secondary N) is 1. The van der Waals surface area contributed by atoms with E-state index >= 15 is 0 Å². The van der Waals surface area contributed by atoms with Crippen molar-refractivity contribution >= 4 is 15.7 Å². The Morgan fingerprint density at radius 3 is 2.57 bits per heavy atom. The van der Waals surface area contributed by atoms with Crippen LogP contribution < -0.4 is 9.46 Å². The molecule has 2 aromatic rings. The Labute approximate surface area is 159 Å². The fraction of sp³-hybridized carbons (Fsp3) is 0.571. The highest BCUT2D eigenvalue weighted by atomic mass is 32.2. The summed E-state index contributed by atoms with van der Waals surface area (Å²) in [6.07, 6.45) is 1.45. The van der Waals surface area contributed by atoms with Gasteiger partial charge in [0.1, 0.15) is 11.1 Å². The Balaban J connectivity index is 2.02. The predicted molar refractivity (Wildman–Crippen MR) is 92.8 cm³/mol. The first kappa shape index (κ1) is 21.7. The van der Waals surface area contributed by atoms with E-state index in [1.807, 2.05) is 0 Å². The van der Waals surface area contributed by atoms with Crippen LogP contribution in [-0.4, -0.2) is 46.1 Å². The Morgan fingerprint density at radius 2 is 2.04 bits per heavy atom. The van der Waals surface area contributed by atoms with Crippen LogP contribution in [0.25, 0.3) is 0 Å². The Bertz CT molecular complexity index is 956. The second-order valence-corrected chi connectivity index (χ2v) is 7.45. The molecule has 0 aliphatic carbocycles. The van der Waals surface area contributed by atoms with Crippen LogP contribution >= 0.6 is 0 Å². The van der Waals surface area contributed by atoms with Crippen molar-refractivity contribution in [1.29, 1.82) is 0 Å². The maximum absolute atomic E-state index is 12.9. The first-order valence-electron chi connectivity index (χ1n) is 8.26. The lowest BCUT2D eigenvalue weighted by molar-refractivity contribution is -0.385. The number of aromatic nitrogens is 4. The minimum atomic E-state index is -4.04. The molecular formula is C14H20F2N6O5S. The van der Waals surface area contributed by atoms with Crippen LogP contribution in [0.5, 0.6) is 5.88 Å². The van der Waals surface area contributed by atoms with E-state index in [2.05, 4.69) is 14.9 Å². The first-order chi connectivity index (χ1) is 13.1. The summed E-state index contributed by atoms with van der Waals surface area (Å²) in [7, 11) is -4.04. The van der Waals surface area contributed by atoms with Gasteiger partial charge in [0.15, 0.2) is 0 Å². The molecule has 0 spiro atoms. The van der Waals surface area contributed by atoms with Crippen molar-refractivity contribution in [2.75, 3.05) is 13.2 Å². The van der Waals surface area contributed by atoms with Crippen molar-refractivity contribution in [2.45, 2.75) is 45.2 Å². The molecule has 0 atom stereocenters. The van der Waals surface area contributed by atoms with Crippen LogP contribution in [0, 0.1) is 24.0 Å². The number of hydrogen-bond donors (Lipinski definition) is 1. The second-order valence-electron chi connectivity index (χ2n) is 5.75. The molecule has 0 aromatic carbocycles. The molecule has 14 heteroatoms. The zero-order valence-electron chi connectivity index (χ0n) is 15.4. The topological polar surface area (TPSA) is 134 Å². The maximum Gasteiger partial charge on any atom is 0.350 e. The summed E-state index contributed by atoms with van der Waals surface area (Å²) in [5.74, 6) is -0.112. The molecule has 0 aliphatic heterocycles. The van der Waals surface area contributed by atoms with E-state index in [4.69, 9.17) is 4.74 Å². The van der Waals surface area contributed by atoms with Crippen molar-refractivity contribution < 1.29 is 26.9 Å². The molecular weight excluding hydrogens is 402 g/mol. The number of hydrogen-bond acceptors (Lipinski definition) is 7. The van der Waals surface area contributed by atoms with E-state index in [0.29, 0.717) is 4.68 Å². The van der Waals surface area contributed by atoms with Crippen LogP contribution in [0.2, 0.25) is 0 Å². The van der Waals surface area contributed by atoms with Crippen LogP contribution in [-0.2, 0) is 16.6 Å². The summed E-state index contributed by atoms with van der Waals surface area (Å²) in [6.45, 7) is 1.67. The molecule has 0 saturated heterocycles. The summed E-state index contributed by atoms with van der Waals surface area (Å²) in [4.78, 5) is 10.0. The van der Waals surface area contributed by atoms with Crippen LogP contribution in [0.3, 0.4) is 0 Å². The Morgan fingerprint density at radius 1 is 1.36 bits per heavy atom. The summed E-state index contributed by atoms with van der Waals surface area (Å²) in [5, 5.41) is 18.5. The summed E-state index contributed by atoms with van der Waals surface area (Å²) in [5.41, 5.74) is -0.480. The van der Waals surface area contributed by atoms with E-state index in [-0.39, 0.29) is 54.0 Å². The lowest BCUT2D eigenvalue weighted by atomic mass is 10.4. The zero-order valence-corrected chi connectivity index (χ0v) is 16.2. The SMILES string of the molecule is CCOc1nn(CCCNS(=O)(=O)c2c(C)nn(C(F)F)c2C)cc1[N+](=O)[O-]. The van der Waals surface area contributed by atoms with Gasteiger partial charge in [-0.3, -0.25) is 14.8 Å². The van der Waals surface area contributed by atoms with Gasteiger partial charge in [0, 0.05) is 13.1 Å². The fourth-order valence-electron chi connectivity index (χ4n) is 2.62. The molecule has 156 valence electrons. The molecule has 1 N–H and O–H groups in total. The van der Waals surface area contributed by atoms with Gasteiger partial charge in [0.25, 0.3) is 0 Å². The molecule has 0 saturated carbocycles. The smallest absolute Gasteiger partial charge is 0.350 e. The molecule has 2 heterocycles. The minimum absolute atomic E-state index is 0.0291. The molecule has 2 rings (SSSR count). The Hall–Kier alpha value is -2.61. The van der Waals surface area contributed by atoms with E-state index in [9.17, 15) is 27.3 Å². The van der Waals surface area contributed by atoms with Crippen molar-refractivity contribution in [3.63, 3.8) is 0 Å². The highest BCUT2D eigenvalue weighted by Crippen LogP contribution is 2.25. The van der Waals surface area contributed by atoms with E-state index in [1.54, 1.807) is 6.92 Å². The normalized spacial score (nSPS) is 11.9. The highest BCUT2D eigenvalue weighted by molar-refractivity contribution is 7.89. The average molecular weight is 422 g/mol. The van der Waals surface area contributed by atoms with E-state index in [0.717, 1.165) is 0 Å². The standard InChI is InChI=1S/C14H20F2N6O5S/c1-4-27-13-11(22(23)24)8-20(19-13)7-5-6-17-28(25,26)12-9(2)18-21(10(12)3)14(15)16/h8,14,17H,4-7H2,1-3H3. The summed E-state index contributed by atoms with van der Waals surface area (Å²) >= 11 is 0. The van der Waals surface area contributed by atoms with Crippen molar-refractivity contribution in [2.24, 2.45) is 0 Å². The van der Waals surface area contributed by atoms with Crippen LogP contribution in [0.4, 0.5) is 14.5 Å². The number of aryl methyl sites for hydroxylation is 2. The minimum Gasteiger partial charge on any atom is -0.472 e. The number of alkyl halides is 2. The van der Waals surface area contributed by atoms with Gasteiger partial charge in [0.2, 0.25) is 10.0 Å². The van der Waals surface area contributed by atoms with Gasteiger partial charge in [-0.1, -0.05) is 0 Å².